The Bertz CT molecular complexity index is 576. The number of esters is 1. The number of nitrogens with two attached hydrogens (primary N) is 1. The molecule has 0 aliphatic heterocycles. The smallest absolute Gasteiger partial charge is 0.351 e. The molecule has 0 atom stereocenters. The van der Waals surface area contributed by atoms with Gasteiger partial charge in [0.2, 0.25) is 0 Å². The van der Waals surface area contributed by atoms with Gasteiger partial charge >= 0.3 is 11.9 Å². The van der Waals surface area contributed by atoms with Crippen molar-refractivity contribution >= 4 is 23.6 Å². The Morgan fingerprint density at radius 1 is 1.45 bits per heavy atom. The molecule has 0 fully saturated rings. The Labute approximate surface area is 127 Å². The highest BCUT2D eigenvalue weighted by molar-refractivity contribution is 5.93. The van der Waals surface area contributed by atoms with Gasteiger partial charge in [-0.25, -0.2) is 15.1 Å². The number of benzene rings is 1. The quantitative estimate of drug-likeness (QED) is 0.193. The number of aromatic hydroxyl groups is 1. The summed E-state index contributed by atoms with van der Waals surface area (Å²) in [5.41, 5.74) is 7.76. The van der Waals surface area contributed by atoms with Gasteiger partial charge in [0.05, 0.1) is 12.3 Å². The number of hydrogen-bond donors (Lipinski definition) is 4. The minimum Gasteiger partial charge on any atom is -0.507 e. The number of anilines is 1. The van der Waals surface area contributed by atoms with E-state index in [9.17, 15) is 14.7 Å². The first kappa shape index (κ1) is 17.1. The molecule has 120 valence electrons. The van der Waals surface area contributed by atoms with Crippen LogP contribution in [0.1, 0.15) is 17.3 Å². The van der Waals surface area contributed by atoms with Crippen LogP contribution in [0.25, 0.3) is 0 Å². The van der Waals surface area contributed by atoms with Crippen LogP contribution < -0.4 is 11.2 Å². The van der Waals surface area contributed by atoms with Gasteiger partial charge in [0.25, 0.3) is 0 Å². The van der Waals surface area contributed by atoms with Gasteiger partial charge in [-0.15, -0.1) is 0 Å². The van der Waals surface area contributed by atoms with E-state index in [1.54, 1.807) is 6.92 Å². The summed E-state index contributed by atoms with van der Waals surface area (Å²) in [6.45, 7) is 1.60. The number of likely N-dealkylation sites (N-methyl/N-ethyl adjacent to an activating group) is 1. The molecule has 0 bridgehead atoms. The molecule has 22 heavy (non-hydrogen) atoms. The number of guanidine groups is 1. The molecule has 0 spiro atoms. The highest BCUT2D eigenvalue weighted by Gasteiger charge is 2.14. The molecule has 1 aromatic rings. The van der Waals surface area contributed by atoms with Crippen molar-refractivity contribution in [3.63, 3.8) is 0 Å². The molecular weight excluding hydrogens is 292 g/mol. The number of carbonyl (C=O) groups excluding carboxylic acids is 2. The molecular formula is C13H18N4O5. The second kappa shape index (κ2) is 7.72. The van der Waals surface area contributed by atoms with Gasteiger partial charge in [0, 0.05) is 7.05 Å². The van der Waals surface area contributed by atoms with Gasteiger partial charge in [-0.3, -0.25) is 5.41 Å². The average Bonchev–Trinajstić information content (AvgIpc) is 2.46. The van der Waals surface area contributed by atoms with E-state index in [4.69, 9.17) is 20.7 Å². The summed E-state index contributed by atoms with van der Waals surface area (Å²) in [4.78, 5) is 29.1. The van der Waals surface area contributed by atoms with Crippen LogP contribution in [0.3, 0.4) is 0 Å². The van der Waals surface area contributed by atoms with Crippen molar-refractivity contribution in [1.29, 1.82) is 5.41 Å². The largest absolute Gasteiger partial charge is 0.507 e. The van der Waals surface area contributed by atoms with Crippen molar-refractivity contribution < 1.29 is 24.3 Å². The highest BCUT2D eigenvalue weighted by Crippen LogP contribution is 2.22. The molecule has 0 saturated heterocycles. The van der Waals surface area contributed by atoms with E-state index in [2.05, 4.69) is 5.48 Å². The average molecular weight is 310 g/mol. The fraction of sp³-hybridized carbons (Fsp3) is 0.308. The Kier molecular flexibility index (Phi) is 5.99. The summed E-state index contributed by atoms with van der Waals surface area (Å²) >= 11 is 0. The van der Waals surface area contributed by atoms with E-state index in [0.717, 1.165) is 0 Å². The van der Waals surface area contributed by atoms with E-state index < -0.39 is 11.9 Å². The second-order valence-corrected chi connectivity index (χ2v) is 4.27. The summed E-state index contributed by atoms with van der Waals surface area (Å²) in [6.07, 6.45) is 0. The second-order valence-electron chi connectivity index (χ2n) is 4.27. The maximum absolute atomic E-state index is 11.6. The van der Waals surface area contributed by atoms with Crippen molar-refractivity contribution in [1.82, 2.24) is 4.90 Å². The zero-order chi connectivity index (χ0) is 16.7. The fourth-order valence-electron chi connectivity index (χ4n) is 1.40. The van der Waals surface area contributed by atoms with E-state index >= 15 is 0 Å². The van der Waals surface area contributed by atoms with E-state index in [-0.39, 0.29) is 36.1 Å². The lowest BCUT2D eigenvalue weighted by molar-refractivity contribution is -0.140. The first-order valence-electron chi connectivity index (χ1n) is 6.36. The number of phenolic OH excluding ortho intramolecular Hbond substituents is 1. The monoisotopic (exact) mass is 310 g/mol. The van der Waals surface area contributed by atoms with Crippen molar-refractivity contribution in [3.05, 3.63) is 23.8 Å². The third-order valence-corrected chi connectivity index (χ3v) is 2.55. The zero-order valence-electron chi connectivity index (χ0n) is 12.3. The fourth-order valence-corrected chi connectivity index (χ4v) is 1.40. The Balaban J connectivity index is 2.67. The Morgan fingerprint density at radius 3 is 2.73 bits per heavy atom. The van der Waals surface area contributed by atoms with Crippen LogP contribution in [-0.4, -0.2) is 48.1 Å². The minimum atomic E-state index is -0.689. The molecule has 0 unspecified atom stereocenters. The SMILES string of the molecule is CCOC(=O)c1cc(NOC(=O)CN(C)C(=N)N)ccc1O. The summed E-state index contributed by atoms with van der Waals surface area (Å²) < 4.78 is 4.79. The summed E-state index contributed by atoms with van der Waals surface area (Å²) in [6, 6.07) is 3.97. The van der Waals surface area contributed by atoms with Gasteiger partial charge in [-0.2, -0.15) is 0 Å². The molecule has 0 aromatic heterocycles. The Morgan fingerprint density at radius 2 is 2.14 bits per heavy atom. The normalized spacial score (nSPS) is 9.73. The van der Waals surface area contributed by atoms with Crippen LogP contribution in [0.15, 0.2) is 18.2 Å². The van der Waals surface area contributed by atoms with Crippen LogP contribution in [0, 0.1) is 5.41 Å². The molecule has 1 rings (SSSR count). The maximum Gasteiger partial charge on any atom is 0.351 e. The number of nitrogens with zero attached hydrogens (tertiary/aromatic N) is 1. The topological polar surface area (TPSA) is 138 Å². The van der Waals surface area contributed by atoms with Crippen molar-refractivity contribution in [2.45, 2.75) is 6.92 Å². The van der Waals surface area contributed by atoms with Crippen LogP contribution in [0.4, 0.5) is 5.69 Å². The van der Waals surface area contributed by atoms with Crippen molar-refractivity contribution in [3.8, 4) is 5.75 Å². The summed E-state index contributed by atoms with van der Waals surface area (Å²) in [5, 5.41) is 16.7. The molecule has 9 nitrogen and oxygen atoms in total. The summed E-state index contributed by atoms with van der Waals surface area (Å²) in [7, 11) is 1.46. The molecule has 0 aliphatic carbocycles. The molecule has 1 aromatic carbocycles. The molecule has 9 heteroatoms. The first-order valence-corrected chi connectivity index (χ1v) is 6.36. The van der Waals surface area contributed by atoms with Gasteiger partial charge in [0.15, 0.2) is 5.96 Å². The predicted octanol–water partition coefficient (Wildman–Crippen LogP) is 0.264. The van der Waals surface area contributed by atoms with E-state index in [1.165, 1.54) is 30.1 Å². The highest BCUT2D eigenvalue weighted by atomic mass is 16.7. The van der Waals surface area contributed by atoms with Crippen LogP contribution in [0.2, 0.25) is 0 Å². The van der Waals surface area contributed by atoms with Crippen LogP contribution in [-0.2, 0) is 14.4 Å². The third-order valence-electron chi connectivity index (χ3n) is 2.55. The lowest BCUT2D eigenvalue weighted by Gasteiger charge is -2.15. The first-order chi connectivity index (χ1) is 10.3. The zero-order valence-corrected chi connectivity index (χ0v) is 12.3. The van der Waals surface area contributed by atoms with Gasteiger partial charge in [0.1, 0.15) is 17.9 Å². The van der Waals surface area contributed by atoms with E-state index in [1.807, 2.05) is 0 Å². The Hall–Kier alpha value is -2.97. The standard InChI is InChI=1S/C13H18N4O5/c1-3-21-12(20)9-6-8(4-5-10(9)18)16-22-11(19)7-17(2)13(14)15/h4-6,16,18H,3,7H2,1-2H3,(H3,14,15). The van der Waals surface area contributed by atoms with Gasteiger partial charge in [-0.1, -0.05) is 0 Å². The lowest BCUT2D eigenvalue weighted by Crippen LogP contribution is -2.37. The number of phenols is 1. The minimum absolute atomic E-state index is 0.0521. The number of carbonyl (C=O) groups is 2. The molecule has 0 saturated carbocycles. The third kappa shape index (κ3) is 4.85. The molecule has 0 aliphatic rings. The number of ether oxygens (including phenoxy) is 1. The molecule has 5 N–H and O–H groups in total. The molecule has 0 heterocycles. The van der Waals surface area contributed by atoms with Gasteiger partial charge in [-0.05, 0) is 25.1 Å². The predicted molar refractivity (Wildman–Crippen MR) is 78.3 cm³/mol. The van der Waals surface area contributed by atoms with Crippen LogP contribution in [0.5, 0.6) is 5.75 Å². The molecule has 0 amide bonds. The summed E-state index contributed by atoms with van der Waals surface area (Å²) in [5.74, 6) is -1.88. The number of rotatable bonds is 6. The molecule has 0 radical (unpaired) electrons. The number of hydrogen-bond acceptors (Lipinski definition) is 7. The lowest BCUT2D eigenvalue weighted by atomic mass is 10.2. The maximum atomic E-state index is 11.6. The van der Waals surface area contributed by atoms with Crippen molar-refractivity contribution in [2.75, 3.05) is 25.7 Å². The van der Waals surface area contributed by atoms with Gasteiger partial charge < -0.3 is 25.3 Å². The van der Waals surface area contributed by atoms with Crippen LogP contribution >= 0.6 is 0 Å². The number of nitrogens with one attached hydrogen (secondary N) is 2. The van der Waals surface area contributed by atoms with Crippen molar-refractivity contribution in [2.24, 2.45) is 5.73 Å². The van der Waals surface area contributed by atoms with E-state index in [0.29, 0.717) is 0 Å².